The predicted octanol–water partition coefficient (Wildman–Crippen LogP) is -0.0702. The van der Waals surface area contributed by atoms with Crippen molar-refractivity contribution in [2.75, 3.05) is 12.4 Å². The minimum Gasteiger partial charge on any atom is -0.373 e. The van der Waals surface area contributed by atoms with E-state index < -0.39 is 21.9 Å². The molecule has 2 aromatic rings. The van der Waals surface area contributed by atoms with E-state index in [0.717, 1.165) is 10.8 Å². The maximum atomic E-state index is 11.7. The Morgan fingerprint density at radius 1 is 1.50 bits per heavy atom. The molecule has 0 aliphatic carbocycles. The number of nitrogens with zero attached hydrogens (tertiary/aromatic N) is 3. The van der Waals surface area contributed by atoms with Crippen molar-refractivity contribution >= 4 is 11.5 Å². The van der Waals surface area contributed by atoms with Gasteiger partial charge in [0.05, 0.1) is 17.7 Å². The van der Waals surface area contributed by atoms with Crippen molar-refractivity contribution in [3.05, 3.63) is 61.0 Å². The van der Waals surface area contributed by atoms with Gasteiger partial charge in [-0.25, -0.2) is 9.78 Å². The SMILES string of the molecule is CNc1ncccc1Cn1cc([N+](=O)[O-])c(=O)[nH]c1=O. The van der Waals surface area contributed by atoms with Gasteiger partial charge in [0.1, 0.15) is 5.82 Å². The number of rotatable bonds is 4. The highest BCUT2D eigenvalue weighted by molar-refractivity contribution is 5.43. The predicted molar refractivity (Wildman–Crippen MR) is 70.9 cm³/mol. The van der Waals surface area contributed by atoms with E-state index in [4.69, 9.17) is 0 Å². The average Bonchev–Trinajstić information content (AvgIpc) is 2.42. The van der Waals surface area contributed by atoms with Gasteiger partial charge in [0.2, 0.25) is 0 Å². The summed E-state index contributed by atoms with van der Waals surface area (Å²) in [5.41, 5.74) is -1.75. The number of nitrogens with one attached hydrogen (secondary N) is 2. The molecule has 0 saturated carbocycles. The Kier molecular flexibility index (Phi) is 3.60. The Labute approximate surface area is 112 Å². The highest BCUT2D eigenvalue weighted by atomic mass is 16.6. The molecule has 0 radical (unpaired) electrons. The largest absolute Gasteiger partial charge is 0.373 e. The molecule has 0 aromatic carbocycles. The standard InChI is InChI=1S/C11H11N5O4/c1-12-9-7(3-2-4-13-9)5-15-6-8(16(19)20)10(17)14-11(15)18/h2-4,6H,5H2,1H3,(H,12,13)(H,14,17,18). The summed E-state index contributed by atoms with van der Waals surface area (Å²) < 4.78 is 1.05. The third-order valence-corrected chi connectivity index (χ3v) is 2.66. The highest BCUT2D eigenvalue weighted by Gasteiger charge is 2.15. The topological polar surface area (TPSA) is 123 Å². The number of anilines is 1. The Balaban J connectivity index is 2.49. The molecule has 2 N–H and O–H groups in total. The summed E-state index contributed by atoms with van der Waals surface area (Å²) in [6, 6.07) is 3.41. The van der Waals surface area contributed by atoms with Crippen molar-refractivity contribution in [1.29, 1.82) is 0 Å². The highest BCUT2D eigenvalue weighted by Crippen LogP contribution is 2.12. The minimum atomic E-state index is -1.02. The molecule has 9 heteroatoms. The Bertz CT molecular complexity index is 764. The number of H-pyrrole nitrogens is 1. The molecule has 9 nitrogen and oxygen atoms in total. The Hall–Kier alpha value is -2.97. The molecule has 2 aromatic heterocycles. The zero-order chi connectivity index (χ0) is 14.7. The van der Waals surface area contributed by atoms with Gasteiger partial charge in [0.15, 0.2) is 0 Å². The number of hydrogen-bond donors (Lipinski definition) is 2. The minimum absolute atomic E-state index is 0.0560. The van der Waals surface area contributed by atoms with E-state index in [-0.39, 0.29) is 6.54 Å². The van der Waals surface area contributed by atoms with Gasteiger partial charge >= 0.3 is 16.9 Å². The van der Waals surface area contributed by atoms with Crippen molar-refractivity contribution in [3.63, 3.8) is 0 Å². The summed E-state index contributed by atoms with van der Waals surface area (Å²) in [6.45, 7) is 0.0560. The molecule has 0 bridgehead atoms. The first kappa shape index (κ1) is 13.5. The van der Waals surface area contributed by atoms with Crippen LogP contribution in [-0.4, -0.2) is 26.5 Å². The molecule has 0 aliphatic rings. The van der Waals surface area contributed by atoms with Crippen LogP contribution in [0.1, 0.15) is 5.56 Å². The molecule has 0 unspecified atom stereocenters. The van der Waals surface area contributed by atoms with Crippen molar-refractivity contribution in [3.8, 4) is 0 Å². The molecule has 0 amide bonds. The van der Waals surface area contributed by atoms with Crippen molar-refractivity contribution in [2.24, 2.45) is 0 Å². The first-order valence-corrected chi connectivity index (χ1v) is 5.62. The van der Waals surface area contributed by atoms with Gasteiger partial charge in [-0.2, -0.15) is 0 Å². The maximum Gasteiger partial charge on any atom is 0.350 e. The van der Waals surface area contributed by atoms with Crippen LogP contribution in [0.4, 0.5) is 11.5 Å². The fourth-order valence-electron chi connectivity index (χ4n) is 1.72. The first-order chi connectivity index (χ1) is 9.52. The number of nitro groups is 1. The first-order valence-electron chi connectivity index (χ1n) is 5.62. The third-order valence-electron chi connectivity index (χ3n) is 2.66. The van der Waals surface area contributed by atoms with Gasteiger partial charge in [-0.05, 0) is 6.07 Å². The van der Waals surface area contributed by atoms with E-state index in [1.54, 1.807) is 25.4 Å². The molecule has 0 spiro atoms. The van der Waals surface area contributed by atoms with Crippen LogP contribution in [0.25, 0.3) is 0 Å². The lowest BCUT2D eigenvalue weighted by Gasteiger charge is -2.09. The second-order valence-electron chi connectivity index (χ2n) is 3.92. The van der Waals surface area contributed by atoms with Gasteiger partial charge in [-0.3, -0.25) is 24.5 Å². The quantitative estimate of drug-likeness (QED) is 0.595. The summed E-state index contributed by atoms with van der Waals surface area (Å²) in [5, 5.41) is 13.6. The summed E-state index contributed by atoms with van der Waals surface area (Å²) in [4.78, 5) is 38.8. The molecule has 0 atom stereocenters. The van der Waals surface area contributed by atoms with E-state index >= 15 is 0 Å². The van der Waals surface area contributed by atoms with E-state index in [0.29, 0.717) is 11.4 Å². The number of aromatic nitrogens is 3. The van der Waals surface area contributed by atoms with Crippen molar-refractivity contribution in [2.45, 2.75) is 6.54 Å². The van der Waals surface area contributed by atoms with Crippen LogP contribution in [0.2, 0.25) is 0 Å². The molecule has 2 heterocycles. The summed E-state index contributed by atoms with van der Waals surface area (Å²) in [5.74, 6) is 0.549. The Morgan fingerprint density at radius 3 is 2.90 bits per heavy atom. The lowest BCUT2D eigenvalue weighted by atomic mass is 10.2. The van der Waals surface area contributed by atoms with Crippen LogP contribution in [0, 0.1) is 10.1 Å². The molecule has 20 heavy (non-hydrogen) atoms. The van der Waals surface area contributed by atoms with Crippen molar-refractivity contribution < 1.29 is 4.92 Å². The lowest BCUT2D eigenvalue weighted by Crippen LogP contribution is -2.31. The van der Waals surface area contributed by atoms with Crippen LogP contribution >= 0.6 is 0 Å². The van der Waals surface area contributed by atoms with E-state index in [9.17, 15) is 19.7 Å². The van der Waals surface area contributed by atoms with E-state index in [1.807, 2.05) is 4.98 Å². The maximum absolute atomic E-state index is 11.7. The lowest BCUT2D eigenvalue weighted by molar-refractivity contribution is -0.386. The fraction of sp³-hybridized carbons (Fsp3) is 0.182. The van der Waals surface area contributed by atoms with E-state index in [1.165, 1.54) is 0 Å². The summed E-state index contributed by atoms with van der Waals surface area (Å²) in [7, 11) is 1.67. The number of pyridine rings is 1. The second kappa shape index (κ2) is 5.34. The molecule has 0 fully saturated rings. The van der Waals surface area contributed by atoms with Gasteiger partial charge in [0.25, 0.3) is 0 Å². The van der Waals surface area contributed by atoms with Gasteiger partial charge in [-0.15, -0.1) is 0 Å². The normalized spacial score (nSPS) is 10.2. The smallest absolute Gasteiger partial charge is 0.350 e. The molecular weight excluding hydrogens is 266 g/mol. The zero-order valence-electron chi connectivity index (χ0n) is 10.5. The second-order valence-corrected chi connectivity index (χ2v) is 3.92. The van der Waals surface area contributed by atoms with E-state index in [2.05, 4.69) is 10.3 Å². The molecular formula is C11H11N5O4. The number of aromatic amines is 1. The summed E-state index contributed by atoms with van der Waals surface area (Å²) in [6.07, 6.45) is 2.50. The molecule has 0 aliphatic heterocycles. The zero-order valence-corrected chi connectivity index (χ0v) is 10.5. The van der Waals surface area contributed by atoms with Crippen LogP contribution in [0.5, 0.6) is 0 Å². The monoisotopic (exact) mass is 277 g/mol. The molecule has 2 rings (SSSR count). The molecule has 0 saturated heterocycles. The molecule has 104 valence electrons. The van der Waals surface area contributed by atoms with Gasteiger partial charge < -0.3 is 5.32 Å². The van der Waals surface area contributed by atoms with Crippen LogP contribution in [-0.2, 0) is 6.54 Å². The Morgan fingerprint density at radius 2 is 2.25 bits per heavy atom. The average molecular weight is 277 g/mol. The van der Waals surface area contributed by atoms with Crippen LogP contribution < -0.4 is 16.6 Å². The fourth-order valence-corrected chi connectivity index (χ4v) is 1.72. The summed E-state index contributed by atoms with van der Waals surface area (Å²) >= 11 is 0. The van der Waals surface area contributed by atoms with Crippen molar-refractivity contribution in [1.82, 2.24) is 14.5 Å². The number of hydrogen-bond acceptors (Lipinski definition) is 6. The van der Waals surface area contributed by atoms with Gasteiger partial charge in [-0.1, -0.05) is 6.07 Å². The van der Waals surface area contributed by atoms with Gasteiger partial charge in [0, 0.05) is 18.8 Å². The van der Waals surface area contributed by atoms with Crippen LogP contribution in [0.15, 0.2) is 34.1 Å². The van der Waals surface area contributed by atoms with Crippen LogP contribution in [0.3, 0.4) is 0 Å². The third kappa shape index (κ3) is 2.55.